The molecule has 1 heterocycles. The monoisotopic (exact) mass is 241 g/mol. The molecule has 1 nitrogen and oxygen atoms in total. The van der Waals surface area contributed by atoms with Gasteiger partial charge in [-0.3, -0.25) is 0 Å². The molecular formula is C17H23N. The van der Waals surface area contributed by atoms with Gasteiger partial charge in [-0.15, -0.1) is 0 Å². The minimum absolute atomic E-state index is 1.16. The van der Waals surface area contributed by atoms with Gasteiger partial charge < -0.3 is 4.98 Å². The highest BCUT2D eigenvalue weighted by Crippen LogP contribution is 2.26. The molecule has 0 radical (unpaired) electrons. The standard InChI is InChI=1S/C17H23N/c1-4-6-7-14(5-2)13(3)15-8-9-17-16(12-15)10-11-18-17/h8-12,18H,4-7H2,1-3H3/b14-13+. The lowest BCUT2D eigenvalue weighted by Crippen LogP contribution is -1.89. The number of hydrogen-bond donors (Lipinski definition) is 1. The Balaban J connectivity index is 2.34. The largest absolute Gasteiger partial charge is 0.361 e. The normalized spacial score (nSPS) is 12.8. The molecule has 1 N–H and O–H groups in total. The van der Waals surface area contributed by atoms with Crippen molar-refractivity contribution in [1.29, 1.82) is 0 Å². The summed E-state index contributed by atoms with van der Waals surface area (Å²) in [5.74, 6) is 0. The van der Waals surface area contributed by atoms with Crippen molar-refractivity contribution in [1.82, 2.24) is 4.98 Å². The number of allylic oxidation sites excluding steroid dienone is 2. The molecule has 0 spiro atoms. The molecule has 0 aliphatic rings. The first-order valence-electron chi connectivity index (χ1n) is 7.02. The van der Waals surface area contributed by atoms with E-state index < -0.39 is 0 Å². The van der Waals surface area contributed by atoms with Gasteiger partial charge in [0, 0.05) is 11.7 Å². The quantitative estimate of drug-likeness (QED) is 0.707. The fourth-order valence-corrected chi connectivity index (χ4v) is 2.51. The number of fused-ring (bicyclic) bond motifs is 1. The van der Waals surface area contributed by atoms with Gasteiger partial charge in [0.15, 0.2) is 0 Å². The second-order valence-electron chi connectivity index (χ2n) is 4.97. The molecule has 0 atom stereocenters. The zero-order valence-corrected chi connectivity index (χ0v) is 11.7. The van der Waals surface area contributed by atoms with E-state index in [4.69, 9.17) is 0 Å². The second kappa shape index (κ2) is 5.90. The van der Waals surface area contributed by atoms with Gasteiger partial charge in [-0.2, -0.15) is 0 Å². The summed E-state index contributed by atoms with van der Waals surface area (Å²) < 4.78 is 0. The maximum atomic E-state index is 3.25. The van der Waals surface area contributed by atoms with E-state index in [0.29, 0.717) is 0 Å². The van der Waals surface area contributed by atoms with E-state index in [1.165, 1.54) is 41.3 Å². The van der Waals surface area contributed by atoms with Crippen molar-refractivity contribution in [2.75, 3.05) is 0 Å². The van der Waals surface area contributed by atoms with Gasteiger partial charge in [0.1, 0.15) is 0 Å². The Hall–Kier alpha value is -1.50. The van der Waals surface area contributed by atoms with Crippen LogP contribution in [0.2, 0.25) is 0 Å². The van der Waals surface area contributed by atoms with Crippen molar-refractivity contribution in [3.05, 3.63) is 41.6 Å². The molecule has 1 heteroatoms. The molecule has 18 heavy (non-hydrogen) atoms. The molecule has 0 aliphatic carbocycles. The van der Waals surface area contributed by atoms with E-state index in [0.717, 1.165) is 6.42 Å². The zero-order chi connectivity index (χ0) is 13.0. The Morgan fingerprint density at radius 1 is 1.17 bits per heavy atom. The Morgan fingerprint density at radius 3 is 2.72 bits per heavy atom. The number of nitrogens with one attached hydrogen (secondary N) is 1. The van der Waals surface area contributed by atoms with E-state index >= 15 is 0 Å². The molecule has 0 bridgehead atoms. The smallest absolute Gasteiger partial charge is 0.0454 e. The highest BCUT2D eigenvalue weighted by Gasteiger charge is 2.04. The molecule has 0 fully saturated rings. The summed E-state index contributed by atoms with van der Waals surface area (Å²) >= 11 is 0. The fourth-order valence-electron chi connectivity index (χ4n) is 2.51. The molecule has 0 saturated heterocycles. The van der Waals surface area contributed by atoms with E-state index in [-0.39, 0.29) is 0 Å². The molecule has 2 rings (SSSR count). The van der Waals surface area contributed by atoms with Crippen LogP contribution in [0.5, 0.6) is 0 Å². The maximum Gasteiger partial charge on any atom is 0.0454 e. The Bertz CT molecular complexity index is 545. The molecule has 2 aromatic rings. The van der Waals surface area contributed by atoms with Crippen molar-refractivity contribution < 1.29 is 0 Å². The van der Waals surface area contributed by atoms with Gasteiger partial charge >= 0.3 is 0 Å². The summed E-state index contributed by atoms with van der Waals surface area (Å²) in [6, 6.07) is 8.85. The van der Waals surface area contributed by atoms with E-state index in [1.54, 1.807) is 5.57 Å². The minimum Gasteiger partial charge on any atom is -0.361 e. The van der Waals surface area contributed by atoms with Crippen molar-refractivity contribution in [2.45, 2.75) is 46.5 Å². The van der Waals surface area contributed by atoms with Crippen LogP contribution in [0.25, 0.3) is 16.5 Å². The van der Waals surface area contributed by atoms with Crippen LogP contribution in [0.3, 0.4) is 0 Å². The third-order valence-electron chi connectivity index (χ3n) is 3.78. The van der Waals surface area contributed by atoms with Crippen LogP contribution in [-0.2, 0) is 0 Å². The second-order valence-corrected chi connectivity index (χ2v) is 4.97. The zero-order valence-electron chi connectivity index (χ0n) is 11.7. The van der Waals surface area contributed by atoms with Crippen LogP contribution in [0.1, 0.15) is 52.0 Å². The van der Waals surface area contributed by atoms with Crippen LogP contribution < -0.4 is 0 Å². The van der Waals surface area contributed by atoms with Crippen LogP contribution in [0.4, 0.5) is 0 Å². The topological polar surface area (TPSA) is 15.8 Å². The lowest BCUT2D eigenvalue weighted by atomic mass is 9.95. The Labute approximate surface area is 110 Å². The molecule has 0 unspecified atom stereocenters. The van der Waals surface area contributed by atoms with E-state index in [2.05, 4.69) is 50.0 Å². The minimum atomic E-state index is 1.16. The number of H-pyrrole nitrogens is 1. The number of aromatic nitrogens is 1. The van der Waals surface area contributed by atoms with Crippen molar-refractivity contribution in [3.63, 3.8) is 0 Å². The first kappa shape index (κ1) is 12.9. The van der Waals surface area contributed by atoms with Crippen LogP contribution >= 0.6 is 0 Å². The Kier molecular flexibility index (Phi) is 4.24. The summed E-state index contributed by atoms with van der Waals surface area (Å²) in [7, 11) is 0. The summed E-state index contributed by atoms with van der Waals surface area (Å²) in [5, 5.41) is 1.30. The average Bonchev–Trinajstić information content (AvgIpc) is 2.86. The maximum absolute atomic E-state index is 3.25. The number of unbranched alkanes of at least 4 members (excludes halogenated alkanes) is 1. The molecule has 0 saturated carbocycles. The number of aromatic amines is 1. The highest BCUT2D eigenvalue weighted by atomic mass is 14.7. The fraction of sp³-hybridized carbons (Fsp3) is 0.412. The molecule has 0 amide bonds. The van der Waals surface area contributed by atoms with Gasteiger partial charge in [0.05, 0.1) is 0 Å². The van der Waals surface area contributed by atoms with Crippen molar-refractivity contribution in [2.24, 2.45) is 0 Å². The van der Waals surface area contributed by atoms with Crippen LogP contribution in [0, 0.1) is 0 Å². The van der Waals surface area contributed by atoms with Gasteiger partial charge in [0.2, 0.25) is 0 Å². The summed E-state index contributed by atoms with van der Waals surface area (Å²) in [6.07, 6.45) is 6.98. The van der Waals surface area contributed by atoms with Crippen LogP contribution in [0.15, 0.2) is 36.0 Å². The number of hydrogen-bond acceptors (Lipinski definition) is 0. The SMILES string of the molecule is CCCC/C(CC)=C(\C)c1ccc2[nH]ccc2c1. The summed E-state index contributed by atoms with van der Waals surface area (Å²) in [5.41, 5.74) is 5.66. The van der Waals surface area contributed by atoms with E-state index in [9.17, 15) is 0 Å². The van der Waals surface area contributed by atoms with Gasteiger partial charge in [-0.05, 0) is 60.9 Å². The molecule has 96 valence electrons. The van der Waals surface area contributed by atoms with Crippen molar-refractivity contribution >= 4 is 16.5 Å². The third-order valence-corrected chi connectivity index (χ3v) is 3.78. The van der Waals surface area contributed by atoms with Gasteiger partial charge in [-0.25, -0.2) is 0 Å². The highest BCUT2D eigenvalue weighted by molar-refractivity contribution is 5.84. The Morgan fingerprint density at radius 2 is 2.00 bits per heavy atom. The van der Waals surface area contributed by atoms with Crippen molar-refractivity contribution in [3.8, 4) is 0 Å². The molecular weight excluding hydrogens is 218 g/mol. The van der Waals surface area contributed by atoms with Gasteiger partial charge in [0.25, 0.3) is 0 Å². The van der Waals surface area contributed by atoms with Crippen LogP contribution in [-0.4, -0.2) is 4.98 Å². The predicted octanol–water partition coefficient (Wildman–Crippen LogP) is 5.54. The first-order valence-corrected chi connectivity index (χ1v) is 7.02. The summed E-state index contributed by atoms with van der Waals surface area (Å²) in [4.78, 5) is 3.25. The lowest BCUT2D eigenvalue weighted by Gasteiger charge is -2.11. The molecule has 1 aromatic heterocycles. The average molecular weight is 241 g/mol. The molecule has 0 aliphatic heterocycles. The lowest BCUT2D eigenvalue weighted by molar-refractivity contribution is 0.767. The number of benzene rings is 1. The molecule has 1 aromatic carbocycles. The first-order chi connectivity index (χ1) is 8.76. The summed E-state index contributed by atoms with van der Waals surface area (Å²) in [6.45, 7) is 6.79. The third kappa shape index (κ3) is 2.66. The van der Waals surface area contributed by atoms with Gasteiger partial charge in [-0.1, -0.05) is 31.9 Å². The predicted molar refractivity (Wildman–Crippen MR) is 80.7 cm³/mol. The van der Waals surface area contributed by atoms with E-state index in [1.807, 2.05) is 6.20 Å². The number of rotatable bonds is 5.